The average Bonchev–Trinajstić information content (AvgIpc) is 2.73. The molecular formula is C11H13ClF3N3O2. The number of halogens is 4. The van der Waals surface area contributed by atoms with Crippen LogP contribution in [0.3, 0.4) is 0 Å². The smallest absolute Gasteiger partial charge is 0.377 e. The molecule has 0 bridgehead atoms. The molecule has 1 saturated heterocycles. The van der Waals surface area contributed by atoms with Gasteiger partial charge in [-0.15, -0.1) is 0 Å². The van der Waals surface area contributed by atoms with Crippen LogP contribution < -0.4 is 10.9 Å². The van der Waals surface area contributed by atoms with Crippen molar-refractivity contribution in [1.82, 2.24) is 9.78 Å². The summed E-state index contributed by atoms with van der Waals surface area (Å²) in [5, 5.41) is 6.16. The van der Waals surface area contributed by atoms with Crippen LogP contribution in [0.5, 0.6) is 0 Å². The van der Waals surface area contributed by atoms with Gasteiger partial charge < -0.3 is 10.1 Å². The normalized spacial score (nSPS) is 23.1. The molecule has 2 heterocycles. The summed E-state index contributed by atoms with van der Waals surface area (Å²) in [6.45, 7) is 0.973. The first-order valence-electron chi connectivity index (χ1n) is 5.98. The summed E-state index contributed by atoms with van der Waals surface area (Å²) < 4.78 is 42.4. The van der Waals surface area contributed by atoms with Crippen molar-refractivity contribution in [2.45, 2.75) is 38.2 Å². The standard InChI is InChI=1S/C11H13ClF3N3O2/c1-6-7(2-3-20-6)17-8-4-16-18(5-11(13,14)15)10(19)9(8)12/h4,6-7,17H,2-3,5H2,1H3. The van der Waals surface area contributed by atoms with Crippen LogP contribution in [-0.4, -0.2) is 34.7 Å². The molecule has 2 atom stereocenters. The van der Waals surface area contributed by atoms with E-state index in [0.717, 1.165) is 12.6 Å². The van der Waals surface area contributed by atoms with Gasteiger partial charge in [-0.3, -0.25) is 4.79 Å². The third-order valence-corrected chi connectivity index (χ3v) is 3.40. The molecule has 2 unspecified atom stereocenters. The number of hydrogen-bond acceptors (Lipinski definition) is 4. The molecule has 0 aliphatic carbocycles. The minimum atomic E-state index is -4.52. The fourth-order valence-electron chi connectivity index (χ4n) is 1.97. The van der Waals surface area contributed by atoms with Gasteiger partial charge in [-0.05, 0) is 13.3 Å². The first-order chi connectivity index (χ1) is 9.28. The topological polar surface area (TPSA) is 56.1 Å². The summed E-state index contributed by atoms with van der Waals surface area (Å²) in [6, 6.07) is -0.0489. The lowest BCUT2D eigenvalue weighted by Gasteiger charge is -2.18. The van der Waals surface area contributed by atoms with E-state index >= 15 is 0 Å². The minimum Gasteiger partial charge on any atom is -0.377 e. The van der Waals surface area contributed by atoms with Crippen LogP contribution in [0.1, 0.15) is 13.3 Å². The number of aromatic nitrogens is 2. The highest BCUT2D eigenvalue weighted by Gasteiger charge is 2.30. The second kappa shape index (κ2) is 5.61. The zero-order chi connectivity index (χ0) is 14.9. The summed E-state index contributed by atoms with van der Waals surface area (Å²) in [5.41, 5.74) is -0.752. The highest BCUT2D eigenvalue weighted by atomic mass is 35.5. The molecule has 0 spiro atoms. The van der Waals surface area contributed by atoms with Crippen molar-refractivity contribution >= 4 is 17.3 Å². The lowest BCUT2D eigenvalue weighted by Crippen LogP contribution is -2.32. The quantitative estimate of drug-likeness (QED) is 0.928. The first kappa shape index (κ1) is 15.1. The summed E-state index contributed by atoms with van der Waals surface area (Å²) in [5.74, 6) is 0. The maximum atomic E-state index is 12.3. The Bertz CT molecular complexity index is 547. The van der Waals surface area contributed by atoms with Gasteiger partial charge in [0.05, 0.1) is 24.0 Å². The van der Waals surface area contributed by atoms with E-state index in [2.05, 4.69) is 10.4 Å². The Balaban J connectivity index is 2.20. The molecule has 1 aliphatic rings. The summed E-state index contributed by atoms with van der Waals surface area (Å²) in [7, 11) is 0. The van der Waals surface area contributed by atoms with Gasteiger partial charge in [0.2, 0.25) is 0 Å². The van der Waals surface area contributed by atoms with Crippen molar-refractivity contribution in [3.63, 3.8) is 0 Å². The van der Waals surface area contributed by atoms with Gasteiger partial charge in [0.1, 0.15) is 11.6 Å². The van der Waals surface area contributed by atoms with E-state index in [9.17, 15) is 18.0 Å². The fraction of sp³-hybridized carbons (Fsp3) is 0.636. The van der Waals surface area contributed by atoms with Gasteiger partial charge in [0.25, 0.3) is 5.56 Å². The number of hydrogen-bond donors (Lipinski definition) is 1. The summed E-state index contributed by atoms with van der Waals surface area (Å²) in [6.07, 6.45) is -2.74. The lowest BCUT2D eigenvalue weighted by molar-refractivity contribution is -0.143. The van der Waals surface area contributed by atoms with Gasteiger partial charge in [-0.2, -0.15) is 18.3 Å². The number of nitrogens with zero attached hydrogens (tertiary/aromatic N) is 2. The third-order valence-electron chi connectivity index (χ3n) is 3.03. The zero-order valence-electron chi connectivity index (χ0n) is 10.6. The van der Waals surface area contributed by atoms with Crippen LogP contribution in [0.15, 0.2) is 11.0 Å². The van der Waals surface area contributed by atoms with E-state index < -0.39 is 18.3 Å². The molecular weight excluding hydrogens is 299 g/mol. The molecule has 9 heteroatoms. The van der Waals surface area contributed by atoms with Crippen molar-refractivity contribution in [3.8, 4) is 0 Å². The van der Waals surface area contributed by atoms with Crippen LogP contribution in [0.4, 0.5) is 18.9 Å². The second-order valence-electron chi connectivity index (χ2n) is 4.57. The van der Waals surface area contributed by atoms with Crippen LogP contribution in [0.2, 0.25) is 5.02 Å². The molecule has 1 N–H and O–H groups in total. The SMILES string of the molecule is CC1OCCC1Nc1cnn(CC(F)(F)F)c(=O)c1Cl. The van der Waals surface area contributed by atoms with Gasteiger partial charge in [0.15, 0.2) is 0 Å². The van der Waals surface area contributed by atoms with Crippen molar-refractivity contribution < 1.29 is 17.9 Å². The molecule has 20 heavy (non-hydrogen) atoms. The number of anilines is 1. The van der Waals surface area contributed by atoms with E-state index in [1.807, 2.05) is 6.92 Å². The number of ether oxygens (including phenoxy) is 1. The van der Waals surface area contributed by atoms with Gasteiger partial charge in [-0.1, -0.05) is 11.6 Å². The largest absolute Gasteiger partial charge is 0.408 e. The Morgan fingerprint density at radius 1 is 1.60 bits per heavy atom. The number of alkyl halides is 3. The van der Waals surface area contributed by atoms with E-state index in [4.69, 9.17) is 16.3 Å². The maximum absolute atomic E-state index is 12.3. The van der Waals surface area contributed by atoms with Crippen molar-refractivity contribution in [2.75, 3.05) is 11.9 Å². The maximum Gasteiger partial charge on any atom is 0.408 e. The van der Waals surface area contributed by atoms with Crippen LogP contribution >= 0.6 is 11.6 Å². The van der Waals surface area contributed by atoms with Crippen LogP contribution in [0.25, 0.3) is 0 Å². The van der Waals surface area contributed by atoms with Crippen LogP contribution in [0, 0.1) is 0 Å². The predicted molar refractivity (Wildman–Crippen MR) is 67.0 cm³/mol. The highest BCUT2D eigenvalue weighted by Crippen LogP contribution is 2.23. The Kier molecular flexibility index (Phi) is 4.24. The molecule has 1 aromatic heterocycles. The first-order valence-corrected chi connectivity index (χ1v) is 6.36. The van der Waals surface area contributed by atoms with Gasteiger partial charge in [0, 0.05) is 6.61 Å². The zero-order valence-corrected chi connectivity index (χ0v) is 11.3. The predicted octanol–water partition coefficient (Wildman–Crippen LogP) is 2.05. The third kappa shape index (κ3) is 3.43. The van der Waals surface area contributed by atoms with Crippen LogP contribution in [-0.2, 0) is 11.3 Å². The molecule has 0 saturated carbocycles. The fourth-order valence-corrected chi connectivity index (χ4v) is 2.17. The minimum absolute atomic E-state index is 0.0489. The molecule has 0 radical (unpaired) electrons. The van der Waals surface area contributed by atoms with E-state index in [1.54, 1.807) is 0 Å². The Morgan fingerprint density at radius 3 is 2.85 bits per heavy atom. The summed E-state index contributed by atoms with van der Waals surface area (Å²) in [4.78, 5) is 11.7. The monoisotopic (exact) mass is 311 g/mol. The highest BCUT2D eigenvalue weighted by molar-refractivity contribution is 6.32. The van der Waals surface area contributed by atoms with Crippen molar-refractivity contribution in [3.05, 3.63) is 21.6 Å². The number of nitrogens with one attached hydrogen (secondary N) is 1. The molecule has 112 valence electrons. The Hall–Kier alpha value is -1.28. The molecule has 1 aliphatic heterocycles. The Morgan fingerprint density at radius 2 is 2.30 bits per heavy atom. The average molecular weight is 312 g/mol. The van der Waals surface area contributed by atoms with Crippen molar-refractivity contribution in [2.24, 2.45) is 0 Å². The molecule has 5 nitrogen and oxygen atoms in total. The number of rotatable bonds is 3. The van der Waals surface area contributed by atoms with E-state index in [-0.39, 0.29) is 22.9 Å². The molecule has 0 aromatic carbocycles. The molecule has 1 fully saturated rings. The summed E-state index contributed by atoms with van der Waals surface area (Å²) >= 11 is 5.81. The second-order valence-corrected chi connectivity index (χ2v) is 4.94. The Labute approximate surface area is 117 Å². The molecule has 0 amide bonds. The lowest BCUT2D eigenvalue weighted by atomic mass is 10.1. The van der Waals surface area contributed by atoms with E-state index in [0.29, 0.717) is 11.3 Å². The van der Waals surface area contributed by atoms with Crippen molar-refractivity contribution in [1.29, 1.82) is 0 Å². The van der Waals surface area contributed by atoms with E-state index in [1.165, 1.54) is 0 Å². The molecule has 2 rings (SSSR count). The molecule has 1 aromatic rings. The van der Waals surface area contributed by atoms with Gasteiger partial charge >= 0.3 is 6.18 Å². The van der Waals surface area contributed by atoms with Gasteiger partial charge in [-0.25, -0.2) is 4.68 Å².